The summed E-state index contributed by atoms with van der Waals surface area (Å²) in [6, 6.07) is 0. The van der Waals surface area contributed by atoms with Gasteiger partial charge >= 0.3 is 5.97 Å². The third kappa shape index (κ3) is 3.47. The van der Waals surface area contributed by atoms with Crippen molar-refractivity contribution >= 4 is 5.97 Å². The Hall–Kier alpha value is -0.650. The topological polar surface area (TPSA) is 75.8 Å². The second-order valence-electron chi connectivity index (χ2n) is 7.88. The van der Waals surface area contributed by atoms with Gasteiger partial charge in [0, 0.05) is 25.1 Å². The van der Waals surface area contributed by atoms with Crippen LogP contribution in [0.5, 0.6) is 0 Å². The van der Waals surface area contributed by atoms with Crippen molar-refractivity contribution in [2.75, 3.05) is 39.4 Å². The molecule has 0 amide bonds. The van der Waals surface area contributed by atoms with Gasteiger partial charge in [0.1, 0.15) is 0 Å². The van der Waals surface area contributed by atoms with Crippen LogP contribution in [0.1, 0.15) is 44.9 Å². The van der Waals surface area contributed by atoms with Crippen LogP contribution < -0.4 is 5.73 Å². The maximum Gasteiger partial charge on any atom is 0.310 e. The van der Waals surface area contributed by atoms with Crippen LogP contribution in [0.3, 0.4) is 0 Å². The van der Waals surface area contributed by atoms with E-state index in [1.807, 2.05) is 0 Å². The molecule has 2 saturated carbocycles. The number of nitrogens with zero attached hydrogens (tertiary/aromatic N) is 1. The monoisotopic (exact) mass is 310 g/mol. The zero-order chi connectivity index (χ0) is 15.6. The van der Waals surface area contributed by atoms with Crippen molar-refractivity contribution in [3.63, 3.8) is 0 Å². The molecule has 0 aromatic carbocycles. The van der Waals surface area contributed by atoms with Gasteiger partial charge in [0.2, 0.25) is 0 Å². The van der Waals surface area contributed by atoms with Gasteiger partial charge in [-0.05, 0) is 57.5 Å². The van der Waals surface area contributed by atoms with Crippen LogP contribution in [0, 0.1) is 16.7 Å². The molecule has 0 bridgehead atoms. The molecule has 22 heavy (non-hydrogen) atoms. The van der Waals surface area contributed by atoms with Crippen molar-refractivity contribution in [1.29, 1.82) is 0 Å². The lowest BCUT2D eigenvalue weighted by molar-refractivity contribution is -0.144. The Morgan fingerprint density at radius 3 is 2.36 bits per heavy atom. The van der Waals surface area contributed by atoms with Gasteiger partial charge in [-0.2, -0.15) is 0 Å². The first-order chi connectivity index (χ1) is 10.6. The molecule has 5 nitrogen and oxygen atoms in total. The minimum Gasteiger partial charge on any atom is -0.481 e. The van der Waals surface area contributed by atoms with E-state index >= 15 is 0 Å². The van der Waals surface area contributed by atoms with Gasteiger partial charge in [-0.25, -0.2) is 0 Å². The maximum absolute atomic E-state index is 11.3. The molecule has 0 unspecified atom stereocenters. The Morgan fingerprint density at radius 2 is 1.91 bits per heavy atom. The fourth-order valence-corrected chi connectivity index (χ4v) is 3.71. The third-order valence-corrected chi connectivity index (χ3v) is 6.17. The predicted octanol–water partition coefficient (Wildman–Crippen LogP) is 1.71. The fourth-order valence-electron chi connectivity index (χ4n) is 3.71. The van der Waals surface area contributed by atoms with Gasteiger partial charge in [-0.1, -0.05) is 6.42 Å². The Balaban J connectivity index is 1.42. The molecule has 1 saturated heterocycles. The Morgan fingerprint density at radius 1 is 1.23 bits per heavy atom. The van der Waals surface area contributed by atoms with Gasteiger partial charge in [-0.15, -0.1) is 0 Å². The van der Waals surface area contributed by atoms with Crippen LogP contribution in [0.2, 0.25) is 0 Å². The zero-order valence-electron chi connectivity index (χ0n) is 13.6. The number of nitrogens with two attached hydrogens (primary N) is 1. The smallest absolute Gasteiger partial charge is 0.310 e. The summed E-state index contributed by atoms with van der Waals surface area (Å²) in [5.74, 6) is 0.159. The molecule has 3 N–H and O–H groups in total. The Bertz CT molecular complexity index is 397. The van der Waals surface area contributed by atoms with E-state index < -0.39 is 11.4 Å². The van der Waals surface area contributed by atoms with Gasteiger partial charge in [0.05, 0.1) is 12.0 Å². The molecule has 0 aromatic rings. The van der Waals surface area contributed by atoms with E-state index in [0.717, 1.165) is 57.9 Å². The number of carboxylic acids is 1. The molecule has 1 heterocycles. The molecule has 0 aromatic heterocycles. The molecule has 3 aliphatic rings. The normalized spacial score (nSPS) is 27.3. The van der Waals surface area contributed by atoms with Crippen molar-refractivity contribution < 1.29 is 14.6 Å². The lowest BCUT2D eigenvalue weighted by Gasteiger charge is -2.42. The van der Waals surface area contributed by atoms with E-state index in [9.17, 15) is 9.90 Å². The third-order valence-electron chi connectivity index (χ3n) is 6.17. The predicted molar refractivity (Wildman–Crippen MR) is 84.6 cm³/mol. The summed E-state index contributed by atoms with van der Waals surface area (Å²) >= 11 is 0. The van der Waals surface area contributed by atoms with Crippen LogP contribution in [0.15, 0.2) is 0 Å². The molecule has 1 aliphatic heterocycles. The van der Waals surface area contributed by atoms with E-state index in [-0.39, 0.29) is 5.41 Å². The Labute approximate surface area is 133 Å². The molecule has 2 aliphatic carbocycles. The second-order valence-corrected chi connectivity index (χ2v) is 7.88. The van der Waals surface area contributed by atoms with Crippen molar-refractivity contribution in [2.24, 2.45) is 22.5 Å². The summed E-state index contributed by atoms with van der Waals surface area (Å²) < 4.78 is 5.97. The van der Waals surface area contributed by atoms with Gasteiger partial charge < -0.3 is 20.5 Å². The standard InChI is InChI=1S/C17H30N2O3/c18-11-16(13-22-10-14-2-1-3-14)6-8-19(9-7-16)12-17(4-5-17)15(20)21/h14H,1-13,18H2,(H,20,21). The molecule has 3 fully saturated rings. The quantitative estimate of drug-likeness (QED) is 0.714. The average Bonchev–Trinajstić information content (AvgIpc) is 3.25. The largest absolute Gasteiger partial charge is 0.481 e. The molecule has 0 atom stereocenters. The summed E-state index contributed by atoms with van der Waals surface area (Å²) in [6.45, 7) is 4.98. The van der Waals surface area contributed by atoms with Crippen LogP contribution in [0.4, 0.5) is 0 Å². The number of aliphatic carboxylic acids is 1. The Kier molecular flexibility index (Phi) is 4.76. The number of ether oxygens (including phenoxy) is 1. The highest BCUT2D eigenvalue weighted by Crippen LogP contribution is 2.47. The minimum atomic E-state index is -0.619. The van der Waals surface area contributed by atoms with Crippen molar-refractivity contribution in [2.45, 2.75) is 44.9 Å². The number of carboxylic acid groups (broad SMARTS) is 1. The summed E-state index contributed by atoms with van der Waals surface area (Å²) in [7, 11) is 0. The van der Waals surface area contributed by atoms with E-state index in [4.69, 9.17) is 10.5 Å². The second kappa shape index (κ2) is 6.46. The first-order valence-corrected chi connectivity index (χ1v) is 8.81. The molecule has 0 radical (unpaired) electrons. The first kappa shape index (κ1) is 16.2. The molecular formula is C17H30N2O3. The van der Waals surface area contributed by atoms with E-state index in [0.29, 0.717) is 13.1 Å². The van der Waals surface area contributed by atoms with Crippen LogP contribution in [0.25, 0.3) is 0 Å². The summed E-state index contributed by atoms with van der Waals surface area (Å²) in [5, 5.41) is 9.31. The number of hydrogen-bond donors (Lipinski definition) is 2. The number of hydrogen-bond acceptors (Lipinski definition) is 4. The number of carbonyl (C=O) groups is 1. The van der Waals surface area contributed by atoms with Crippen LogP contribution >= 0.6 is 0 Å². The fraction of sp³-hybridized carbons (Fsp3) is 0.941. The van der Waals surface area contributed by atoms with Crippen molar-refractivity contribution in [3.8, 4) is 0 Å². The minimum absolute atomic E-state index is 0.111. The van der Waals surface area contributed by atoms with Crippen molar-refractivity contribution in [3.05, 3.63) is 0 Å². The van der Waals surface area contributed by atoms with Gasteiger partial charge in [0.15, 0.2) is 0 Å². The molecule has 5 heteroatoms. The molecule has 3 rings (SSSR count). The summed E-state index contributed by atoms with van der Waals surface area (Å²) in [4.78, 5) is 13.6. The highest BCUT2D eigenvalue weighted by Gasteiger charge is 2.51. The van der Waals surface area contributed by atoms with Crippen LogP contribution in [-0.2, 0) is 9.53 Å². The number of likely N-dealkylation sites (tertiary alicyclic amines) is 1. The van der Waals surface area contributed by atoms with Crippen molar-refractivity contribution in [1.82, 2.24) is 4.90 Å². The lowest BCUT2D eigenvalue weighted by Crippen LogP contribution is -2.48. The first-order valence-electron chi connectivity index (χ1n) is 8.81. The summed E-state index contributed by atoms with van der Waals surface area (Å²) in [6.07, 6.45) is 7.74. The molecule has 126 valence electrons. The SMILES string of the molecule is NCC1(COCC2CCC2)CCN(CC2(C(=O)O)CC2)CC1. The van der Waals surface area contributed by atoms with E-state index in [1.54, 1.807) is 0 Å². The highest BCUT2D eigenvalue weighted by molar-refractivity contribution is 5.78. The molecule has 0 spiro atoms. The van der Waals surface area contributed by atoms with Gasteiger partial charge in [0.25, 0.3) is 0 Å². The van der Waals surface area contributed by atoms with E-state index in [2.05, 4.69) is 4.90 Å². The average molecular weight is 310 g/mol. The number of rotatable bonds is 8. The van der Waals surface area contributed by atoms with Gasteiger partial charge in [-0.3, -0.25) is 4.79 Å². The highest BCUT2D eigenvalue weighted by atomic mass is 16.5. The maximum atomic E-state index is 11.3. The molecular weight excluding hydrogens is 280 g/mol. The number of piperidine rings is 1. The van der Waals surface area contributed by atoms with E-state index in [1.165, 1.54) is 19.3 Å². The lowest BCUT2D eigenvalue weighted by atomic mass is 9.78. The zero-order valence-corrected chi connectivity index (χ0v) is 13.6. The summed E-state index contributed by atoms with van der Waals surface area (Å²) in [5.41, 5.74) is 5.71. The van der Waals surface area contributed by atoms with Crippen LogP contribution in [-0.4, -0.2) is 55.4 Å².